The van der Waals surface area contributed by atoms with Crippen LogP contribution >= 0.6 is 0 Å². The van der Waals surface area contributed by atoms with Crippen molar-refractivity contribution in [2.75, 3.05) is 18.9 Å². The van der Waals surface area contributed by atoms with Crippen LogP contribution in [-0.4, -0.2) is 25.2 Å². The molecule has 0 bridgehead atoms. The third-order valence-corrected chi connectivity index (χ3v) is 2.09. The van der Waals surface area contributed by atoms with Gasteiger partial charge in [0.2, 0.25) is 0 Å². The lowest BCUT2D eigenvalue weighted by atomic mass is 10.1. The Labute approximate surface area is 101 Å². The third-order valence-electron chi connectivity index (χ3n) is 2.09. The monoisotopic (exact) mass is 238 g/mol. The van der Waals surface area contributed by atoms with E-state index in [1.165, 1.54) is 6.07 Å². The lowest BCUT2D eigenvalue weighted by Crippen LogP contribution is -2.14. The lowest BCUT2D eigenvalue weighted by molar-refractivity contribution is 0.0552. The van der Waals surface area contributed by atoms with E-state index in [2.05, 4.69) is 0 Å². The van der Waals surface area contributed by atoms with E-state index < -0.39 is 5.91 Å². The van der Waals surface area contributed by atoms with E-state index in [9.17, 15) is 4.79 Å². The largest absolute Gasteiger partial charge is 0.491 e. The predicted molar refractivity (Wildman–Crippen MR) is 66.0 cm³/mol. The van der Waals surface area contributed by atoms with Crippen molar-refractivity contribution in [2.24, 2.45) is 5.73 Å². The highest BCUT2D eigenvalue weighted by Crippen LogP contribution is 2.19. The fourth-order valence-corrected chi connectivity index (χ4v) is 1.28. The van der Waals surface area contributed by atoms with Crippen LogP contribution in [0, 0.1) is 0 Å². The van der Waals surface area contributed by atoms with Gasteiger partial charge in [-0.1, -0.05) is 0 Å². The van der Waals surface area contributed by atoms with Crippen LogP contribution in [0.15, 0.2) is 18.2 Å². The number of ether oxygens (including phenoxy) is 2. The van der Waals surface area contributed by atoms with Gasteiger partial charge in [-0.15, -0.1) is 0 Å². The highest BCUT2D eigenvalue weighted by molar-refractivity contribution is 5.98. The van der Waals surface area contributed by atoms with Crippen molar-refractivity contribution >= 4 is 11.6 Å². The Morgan fingerprint density at radius 1 is 1.35 bits per heavy atom. The predicted octanol–water partition coefficient (Wildman–Crippen LogP) is 1.17. The minimum Gasteiger partial charge on any atom is -0.491 e. The van der Waals surface area contributed by atoms with Crippen LogP contribution < -0.4 is 16.2 Å². The molecule has 0 aliphatic rings. The Morgan fingerprint density at radius 3 is 2.65 bits per heavy atom. The molecule has 0 aliphatic heterocycles. The van der Waals surface area contributed by atoms with Crippen molar-refractivity contribution < 1.29 is 14.3 Å². The van der Waals surface area contributed by atoms with Crippen LogP contribution in [0.5, 0.6) is 5.75 Å². The van der Waals surface area contributed by atoms with Crippen LogP contribution in [-0.2, 0) is 4.74 Å². The van der Waals surface area contributed by atoms with Crippen molar-refractivity contribution in [2.45, 2.75) is 20.0 Å². The van der Waals surface area contributed by atoms with Crippen molar-refractivity contribution in [1.82, 2.24) is 0 Å². The first-order chi connectivity index (χ1) is 8.00. The molecule has 0 heterocycles. The second kappa shape index (κ2) is 6.10. The molecule has 0 fully saturated rings. The van der Waals surface area contributed by atoms with Gasteiger partial charge in [0.1, 0.15) is 12.4 Å². The molecule has 0 saturated heterocycles. The standard InChI is InChI=1S/C12H18N2O3/c1-8(2)16-5-6-17-9-3-4-11(13)10(7-9)12(14)15/h3-4,7-8H,5-6,13H2,1-2H3,(H2,14,15). The molecule has 17 heavy (non-hydrogen) atoms. The number of carbonyl (C=O) groups is 1. The minimum atomic E-state index is -0.564. The number of rotatable bonds is 6. The van der Waals surface area contributed by atoms with Crippen LogP contribution in [0.2, 0.25) is 0 Å². The summed E-state index contributed by atoms with van der Waals surface area (Å²) >= 11 is 0. The summed E-state index contributed by atoms with van der Waals surface area (Å²) in [6.45, 7) is 4.82. The molecular formula is C12H18N2O3. The number of primary amides is 1. The number of amides is 1. The second-order valence-electron chi connectivity index (χ2n) is 3.88. The Hall–Kier alpha value is -1.75. The summed E-state index contributed by atoms with van der Waals surface area (Å²) in [5, 5.41) is 0. The molecule has 1 aromatic rings. The van der Waals surface area contributed by atoms with Gasteiger partial charge in [-0.3, -0.25) is 4.79 Å². The molecule has 5 heteroatoms. The zero-order chi connectivity index (χ0) is 12.8. The number of hydrogen-bond donors (Lipinski definition) is 2. The SMILES string of the molecule is CC(C)OCCOc1ccc(N)c(C(N)=O)c1. The van der Waals surface area contributed by atoms with E-state index in [0.717, 1.165) is 0 Å². The quantitative estimate of drug-likeness (QED) is 0.575. The molecule has 0 unspecified atom stereocenters. The molecule has 1 rings (SSSR count). The van der Waals surface area contributed by atoms with Crippen LogP contribution in [0.4, 0.5) is 5.69 Å². The van der Waals surface area contributed by atoms with Crippen LogP contribution in [0.3, 0.4) is 0 Å². The number of nitrogen functional groups attached to an aromatic ring is 1. The Morgan fingerprint density at radius 2 is 2.06 bits per heavy atom. The minimum absolute atomic E-state index is 0.172. The molecule has 0 saturated carbocycles. The summed E-state index contributed by atoms with van der Waals surface area (Å²) in [7, 11) is 0. The average molecular weight is 238 g/mol. The molecule has 0 radical (unpaired) electrons. The highest BCUT2D eigenvalue weighted by atomic mass is 16.5. The highest BCUT2D eigenvalue weighted by Gasteiger charge is 2.07. The number of benzene rings is 1. The molecule has 0 atom stereocenters. The van der Waals surface area contributed by atoms with Crippen molar-refractivity contribution in [3.05, 3.63) is 23.8 Å². The lowest BCUT2D eigenvalue weighted by Gasteiger charge is -2.10. The van der Waals surface area contributed by atoms with E-state index in [1.54, 1.807) is 12.1 Å². The van der Waals surface area contributed by atoms with Gasteiger partial charge in [0, 0.05) is 5.69 Å². The maximum absolute atomic E-state index is 11.1. The smallest absolute Gasteiger partial charge is 0.250 e. The number of nitrogens with two attached hydrogens (primary N) is 2. The zero-order valence-corrected chi connectivity index (χ0v) is 10.1. The van der Waals surface area contributed by atoms with Crippen LogP contribution in [0.1, 0.15) is 24.2 Å². The van der Waals surface area contributed by atoms with Gasteiger partial charge in [-0.2, -0.15) is 0 Å². The summed E-state index contributed by atoms with van der Waals surface area (Å²) < 4.78 is 10.7. The van der Waals surface area contributed by atoms with Crippen molar-refractivity contribution in [3.8, 4) is 5.75 Å². The molecule has 5 nitrogen and oxygen atoms in total. The Kier molecular flexibility index (Phi) is 4.78. The second-order valence-corrected chi connectivity index (χ2v) is 3.88. The first-order valence-corrected chi connectivity index (χ1v) is 5.44. The molecule has 4 N–H and O–H groups in total. The van der Waals surface area contributed by atoms with Gasteiger partial charge in [-0.25, -0.2) is 0 Å². The van der Waals surface area contributed by atoms with Crippen molar-refractivity contribution in [3.63, 3.8) is 0 Å². The average Bonchev–Trinajstić information content (AvgIpc) is 2.25. The van der Waals surface area contributed by atoms with E-state index in [-0.39, 0.29) is 11.7 Å². The molecule has 1 amide bonds. The number of anilines is 1. The van der Waals surface area contributed by atoms with Gasteiger partial charge >= 0.3 is 0 Å². The molecule has 0 aliphatic carbocycles. The van der Waals surface area contributed by atoms with E-state index in [0.29, 0.717) is 24.7 Å². The van der Waals surface area contributed by atoms with Gasteiger partial charge in [0.05, 0.1) is 18.3 Å². The van der Waals surface area contributed by atoms with Gasteiger partial charge in [0.15, 0.2) is 0 Å². The topological polar surface area (TPSA) is 87.6 Å². The third kappa shape index (κ3) is 4.32. The van der Waals surface area contributed by atoms with Gasteiger partial charge in [-0.05, 0) is 32.0 Å². The van der Waals surface area contributed by atoms with E-state index >= 15 is 0 Å². The fraction of sp³-hybridized carbons (Fsp3) is 0.417. The number of carbonyl (C=O) groups excluding carboxylic acids is 1. The zero-order valence-electron chi connectivity index (χ0n) is 10.1. The Balaban J connectivity index is 2.54. The summed E-state index contributed by atoms with van der Waals surface area (Å²) in [5.74, 6) is -0.00765. The molecule has 94 valence electrons. The molecule has 0 aromatic heterocycles. The summed E-state index contributed by atoms with van der Waals surface area (Å²) in [5.41, 5.74) is 11.4. The van der Waals surface area contributed by atoms with E-state index in [4.69, 9.17) is 20.9 Å². The summed E-state index contributed by atoms with van der Waals surface area (Å²) in [6, 6.07) is 4.82. The molecular weight excluding hydrogens is 220 g/mol. The maximum Gasteiger partial charge on any atom is 0.250 e. The van der Waals surface area contributed by atoms with Crippen molar-refractivity contribution in [1.29, 1.82) is 0 Å². The molecule has 1 aromatic carbocycles. The maximum atomic E-state index is 11.1. The van der Waals surface area contributed by atoms with E-state index in [1.807, 2.05) is 13.8 Å². The first-order valence-electron chi connectivity index (χ1n) is 5.44. The number of hydrogen-bond acceptors (Lipinski definition) is 4. The Bertz CT molecular complexity index is 391. The summed E-state index contributed by atoms with van der Waals surface area (Å²) in [6.07, 6.45) is 0.172. The normalized spacial score (nSPS) is 10.5. The summed E-state index contributed by atoms with van der Waals surface area (Å²) in [4.78, 5) is 11.1. The fourth-order valence-electron chi connectivity index (χ4n) is 1.28. The van der Waals surface area contributed by atoms with Gasteiger partial charge < -0.3 is 20.9 Å². The van der Waals surface area contributed by atoms with Crippen LogP contribution in [0.25, 0.3) is 0 Å². The first kappa shape index (κ1) is 13.3. The van der Waals surface area contributed by atoms with Gasteiger partial charge in [0.25, 0.3) is 5.91 Å². The molecule has 0 spiro atoms.